The van der Waals surface area contributed by atoms with Crippen LogP contribution in [0.1, 0.15) is 51.4 Å². The van der Waals surface area contributed by atoms with Gasteiger partial charge in [0.05, 0.1) is 0 Å². The maximum atomic E-state index is 10.5. The van der Waals surface area contributed by atoms with Gasteiger partial charge in [0.2, 0.25) is 0 Å². The topological polar surface area (TPSA) is 52.6 Å². The lowest BCUT2D eigenvalue weighted by atomic mass is 10.1. The second-order valence-electron chi connectivity index (χ2n) is 5.35. The van der Waals surface area contributed by atoms with Crippen LogP contribution in [0.2, 0.25) is 0 Å². The molecule has 2 aliphatic rings. The van der Waals surface area contributed by atoms with Crippen molar-refractivity contribution in [2.45, 2.75) is 63.5 Å². The van der Waals surface area contributed by atoms with Gasteiger partial charge in [0, 0.05) is 25.2 Å². The quantitative estimate of drug-likeness (QED) is 0.776. The summed E-state index contributed by atoms with van der Waals surface area (Å²) in [4.78, 5) is 13.1. The lowest BCUT2D eigenvalue weighted by Crippen LogP contribution is -2.44. The lowest BCUT2D eigenvalue weighted by molar-refractivity contribution is 0.135. The molecule has 1 amide bonds. The Kier molecular flexibility index (Phi) is 4.66. The summed E-state index contributed by atoms with van der Waals surface area (Å²) in [6, 6.07) is 1.43. The molecule has 2 rings (SSSR count). The number of hydrogen-bond donors (Lipinski definition) is 2. The van der Waals surface area contributed by atoms with E-state index in [9.17, 15) is 4.79 Å². The normalized spacial score (nSPS) is 22.4. The van der Waals surface area contributed by atoms with Crippen molar-refractivity contribution in [3.8, 4) is 0 Å². The Bertz CT molecular complexity index is 230. The summed E-state index contributed by atoms with van der Waals surface area (Å²) < 4.78 is 0. The molecule has 98 valence electrons. The molecular formula is C13H24N2O2. The van der Waals surface area contributed by atoms with E-state index in [0.717, 1.165) is 6.54 Å². The SMILES string of the molecule is O=C(O)NCCN(C1CCCC1)C1CCCC1. The largest absolute Gasteiger partial charge is 0.465 e. The maximum Gasteiger partial charge on any atom is 0.404 e. The van der Waals surface area contributed by atoms with Crippen LogP contribution >= 0.6 is 0 Å². The molecule has 0 aromatic rings. The van der Waals surface area contributed by atoms with Crippen molar-refractivity contribution >= 4 is 6.09 Å². The van der Waals surface area contributed by atoms with E-state index < -0.39 is 6.09 Å². The Labute approximate surface area is 103 Å². The van der Waals surface area contributed by atoms with Crippen molar-refractivity contribution in [1.82, 2.24) is 10.2 Å². The average Bonchev–Trinajstić information content (AvgIpc) is 2.97. The summed E-state index contributed by atoms with van der Waals surface area (Å²) in [5, 5.41) is 11.1. The molecule has 0 aromatic carbocycles. The molecule has 0 bridgehead atoms. The van der Waals surface area contributed by atoms with Crippen LogP contribution in [0.15, 0.2) is 0 Å². The Morgan fingerprint density at radius 2 is 1.53 bits per heavy atom. The molecule has 0 aromatic heterocycles. The summed E-state index contributed by atoms with van der Waals surface area (Å²) in [7, 11) is 0. The molecule has 2 saturated carbocycles. The molecule has 0 atom stereocenters. The van der Waals surface area contributed by atoms with Gasteiger partial charge in [0.25, 0.3) is 0 Å². The Hall–Kier alpha value is -0.770. The first-order chi connectivity index (χ1) is 8.27. The fourth-order valence-electron chi connectivity index (χ4n) is 3.43. The van der Waals surface area contributed by atoms with E-state index >= 15 is 0 Å². The van der Waals surface area contributed by atoms with Crippen molar-refractivity contribution in [3.63, 3.8) is 0 Å². The van der Waals surface area contributed by atoms with Crippen LogP contribution in [0.3, 0.4) is 0 Å². The number of carbonyl (C=O) groups is 1. The van der Waals surface area contributed by atoms with Crippen LogP contribution in [-0.4, -0.2) is 41.3 Å². The number of nitrogens with zero attached hydrogens (tertiary/aromatic N) is 1. The van der Waals surface area contributed by atoms with Gasteiger partial charge >= 0.3 is 6.09 Å². The summed E-state index contributed by atoms with van der Waals surface area (Å²) in [5.41, 5.74) is 0. The molecule has 0 unspecified atom stereocenters. The van der Waals surface area contributed by atoms with Crippen molar-refractivity contribution in [2.24, 2.45) is 0 Å². The third-order valence-electron chi connectivity index (χ3n) is 4.23. The molecule has 17 heavy (non-hydrogen) atoms. The van der Waals surface area contributed by atoms with E-state index in [0.29, 0.717) is 18.6 Å². The Balaban J connectivity index is 1.84. The van der Waals surface area contributed by atoms with Crippen LogP contribution in [0, 0.1) is 0 Å². The predicted molar refractivity (Wildman–Crippen MR) is 67.2 cm³/mol. The van der Waals surface area contributed by atoms with Gasteiger partial charge in [0.15, 0.2) is 0 Å². The minimum atomic E-state index is -0.900. The molecular weight excluding hydrogens is 216 g/mol. The number of amides is 1. The third-order valence-corrected chi connectivity index (χ3v) is 4.23. The van der Waals surface area contributed by atoms with Gasteiger partial charge in [-0.1, -0.05) is 25.7 Å². The van der Waals surface area contributed by atoms with Crippen LogP contribution < -0.4 is 5.32 Å². The Morgan fingerprint density at radius 1 is 1.06 bits per heavy atom. The van der Waals surface area contributed by atoms with Crippen LogP contribution in [0.25, 0.3) is 0 Å². The van der Waals surface area contributed by atoms with Crippen LogP contribution in [0.4, 0.5) is 4.79 Å². The van der Waals surface area contributed by atoms with Gasteiger partial charge in [-0.2, -0.15) is 0 Å². The zero-order valence-electron chi connectivity index (χ0n) is 10.5. The monoisotopic (exact) mass is 240 g/mol. The molecule has 2 N–H and O–H groups in total. The molecule has 2 aliphatic carbocycles. The lowest BCUT2D eigenvalue weighted by Gasteiger charge is -2.34. The molecule has 0 aliphatic heterocycles. The summed E-state index contributed by atoms with van der Waals surface area (Å²) >= 11 is 0. The highest BCUT2D eigenvalue weighted by Gasteiger charge is 2.30. The van der Waals surface area contributed by atoms with E-state index in [1.165, 1.54) is 51.4 Å². The highest BCUT2D eigenvalue weighted by Crippen LogP contribution is 2.31. The van der Waals surface area contributed by atoms with Crippen molar-refractivity contribution in [3.05, 3.63) is 0 Å². The van der Waals surface area contributed by atoms with E-state index in [2.05, 4.69) is 10.2 Å². The third kappa shape index (κ3) is 3.60. The first kappa shape index (κ1) is 12.7. The van der Waals surface area contributed by atoms with Crippen LogP contribution in [0.5, 0.6) is 0 Å². The van der Waals surface area contributed by atoms with Crippen molar-refractivity contribution in [2.75, 3.05) is 13.1 Å². The van der Waals surface area contributed by atoms with E-state index in [1.807, 2.05) is 0 Å². The van der Waals surface area contributed by atoms with Gasteiger partial charge in [0.1, 0.15) is 0 Å². The zero-order chi connectivity index (χ0) is 12.1. The standard InChI is InChI=1S/C13H24N2O2/c16-13(17)14-9-10-15(11-5-1-2-6-11)12-7-3-4-8-12/h11-12,14H,1-10H2,(H,16,17). The highest BCUT2D eigenvalue weighted by atomic mass is 16.4. The first-order valence-electron chi connectivity index (χ1n) is 7.00. The first-order valence-corrected chi connectivity index (χ1v) is 7.00. The maximum absolute atomic E-state index is 10.5. The fourth-order valence-corrected chi connectivity index (χ4v) is 3.43. The number of rotatable bonds is 5. The summed E-state index contributed by atoms with van der Waals surface area (Å²) in [6.45, 7) is 1.46. The van der Waals surface area contributed by atoms with Crippen LogP contribution in [-0.2, 0) is 0 Å². The van der Waals surface area contributed by atoms with Gasteiger partial charge in [-0.3, -0.25) is 4.90 Å². The van der Waals surface area contributed by atoms with Gasteiger partial charge in [-0.05, 0) is 25.7 Å². The van der Waals surface area contributed by atoms with Crippen molar-refractivity contribution in [1.29, 1.82) is 0 Å². The minimum Gasteiger partial charge on any atom is -0.465 e. The molecule has 4 nitrogen and oxygen atoms in total. The fraction of sp³-hybridized carbons (Fsp3) is 0.923. The molecule has 0 spiro atoms. The number of nitrogens with one attached hydrogen (secondary N) is 1. The Morgan fingerprint density at radius 3 is 1.94 bits per heavy atom. The van der Waals surface area contributed by atoms with E-state index in [1.54, 1.807) is 0 Å². The van der Waals surface area contributed by atoms with Crippen molar-refractivity contribution < 1.29 is 9.90 Å². The molecule has 0 heterocycles. The second kappa shape index (κ2) is 6.24. The van der Waals surface area contributed by atoms with E-state index in [-0.39, 0.29) is 0 Å². The predicted octanol–water partition coefficient (Wildman–Crippen LogP) is 2.44. The van der Waals surface area contributed by atoms with Gasteiger partial charge in [-0.15, -0.1) is 0 Å². The number of hydrogen-bond acceptors (Lipinski definition) is 2. The average molecular weight is 240 g/mol. The highest BCUT2D eigenvalue weighted by molar-refractivity contribution is 5.64. The molecule has 2 fully saturated rings. The molecule has 4 heteroatoms. The minimum absolute atomic E-state index is 0.572. The number of carboxylic acid groups (broad SMARTS) is 1. The summed E-state index contributed by atoms with van der Waals surface area (Å²) in [6.07, 6.45) is 9.73. The zero-order valence-corrected chi connectivity index (χ0v) is 10.5. The van der Waals surface area contributed by atoms with E-state index in [4.69, 9.17) is 5.11 Å². The second-order valence-corrected chi connectivity index (χ2v) is 5.35. The smallest absolute Gasteiger partial charge is 0.404 e. The summed E-state index contributed by atoms with van der Waals surface area (Å²) in [5.74, 6) is 0. The molecule has 0 radical (unpaired) electrons. The van der Waals surface area contributed by atoms with Gasteiger partial charge in [-0.25, -0.2) is 4.79 Å². The van der Waals surface area contributed by atoms with Gasteiger partial charge < -0.3 is 10.4 Å². The molecule has 0 saturated heterocycles.